The van der Waals surface area contributed by atoms with Crippen LogP contribution < -0.4 is 10.8 Å². The minimum absolute atomic E-state index is 0.797. The van der Waals surface area contributed by atoms with Gasteiger partial charge >= 0.3 is 0 Å². The van der Waals surface area contributed by atoms with Crippen molar-refractivity contribution in [2.24, 2.45) is 5.10 Å². The molecule has 3 aromatic carbocycles. The first-order valence-corrected chi connectivity index (χ1v) is 8.24. The number of para-hydroxylation sites is 1. The molecule has 1 heterocycles. The zero-order valence-electron chi connectivity index (χ0n) is 13.9. The standard InChI is InChI=1S/C22H18N2O/c1-16-12-13-21-19(14-16)20(24-23-18-10-6-3-7-11-18)15-22(25-21)17-8-4-2-5-9-17/h2-15,23H,1H3/b24-20-. The highest BCUT2D eigenvalue weighted by molar-refractivity contribution is 5.79. The van der Waals surface area contributed by atoms with Gasteiger partial charge in [0.2, 0.25) is 0 Å². The second kappa shape index (κ2) is 6.65. The smallest absolute Gasteiger partial charge is 0.136 e. The summed E-state index contributed by atoms with van der Waals surface area (Å²) in [6, 6.07) is 28.1. The molecule has 4 aromatic rings. The molecule has 0 saturated heterocycles. The molecule has 4 rings (SSSR count). The Labute approximate surface area is 146 Å². The molecule has 122 valence electrons. The number of hydrogen-bond donors (Lipinski definition) is 1. The first kappa shape index (κ1) is 15.2. The average Bonchev–Trinajstić information content (AvgIpc) is 2.67. The quantitative estimate of drug-likeness (QED) is 0.516. The second-order valence-corrected chi connectivity index (χ2v) is 5.95. The zero-order chi connectivity index (χ0) is 17.1. The Morgan fingerprint density at radius 2 is 1.52 bits per heavy atom. The van der Waals surface area contributed by atoms with Gasteiger partial charge in [-0.3, -0.25) is 5.43 Å². The molecule has 0 unspecified atom stereocenters. The fourth-order valence-electron chi connectivity index (χ4n) is 2.76. The maximum atomic E-state index is 6.11. The van der Waals surface area contributed by atoms with Crippen molar-refractivity contribution < 1.29 is 4.42 Å². The van der Waals surface area contributed by atoms with E-state index in [1.54, 1.807) is 0 Å². The highest BCUT2D eigenvalue weighted by atomic mass is 16.3. The van der Waals surface area contributed by atoms with Gasteiger partial charge in [-0.05, 0) is 31.2 Å². The number of rotatable bonds is 3. The third-order valence-corrected chi connectivity index (χ3v) is 4.04. The molecular formula is C22H18N2O. The predicted octanol–water partition coefficient (Wildman–Crippen LogP) is 5.34. The van der Waals surface area contributed by atoms with E-state index in [-0.39, 0.29) is 0 Å². The maximum absolute atomic E-state index is 6.11. The SMILES string of the molecule is Cc1ccc2oc(-c3ccccc3)c/c(=N/Nc3ccccc3)c2c1. The van der Waals surface area contributed by atoms with E-state index in [0.29, 0.717) is 0 Å². The van der Waals surface area contributed by atoms with Crippen molar-refractivity contribution in [3.8, 4) is 11.3 Å². The first-order chi connectivity index (χ1) is 12.3. The summed E-state index contributed by atoms with van der Waals surface area (Å²) in [5.74, 6) is 0.797. The molecule has 0 spiro atoms. The van der Waals surface area contributed by atoms with Crippen molar-refractivity contribution in [2.45, 2.75) is 6.92 Å². The molecule has 0 aliphatic heterocycles. The number of hydrogen-bond acceptors (Lipinski definition) is 3. The Morgan fingerprint density at radius 1 is 0.800 bits per heavy atom. The van der Waals surface area contributed by atoms with Gasteiger partial charge in [-0.1, -0.05) is 60.2 Å². The van der Waals surface area contributed by atoms with E-state index in [1.807, 2.05) is 72.8 Å². The molecule has 0 radical (unpaired) electrons. The van der Waals surface area contributed by atoms with Gasteiger partial charge in [-0.15, -0.1) is 0 Å². The first-order valence-electron chi connectivity index (χ1n) is 8.24. The van der Waals surface area contributed by atoms with Crippen molar-refractivity contribution >= 4 is 16.7 Å². The topological polar surface area (TPSA) is 37.5 Å². The molecule has 1 N–H and O–H groups in total. The van der Waals surface area contributed by atoms with Crippen LogP contribution >= 0.6 is 0 Å². The number of benzene rings is 3. The predicted molar refractivity (Wildman–Crippen MR) is 102 cm³/mol. The Hall–Kier alpha value is -3.33. The van der Waals surface area contributed by atoms with Crippen LogP contribution in [0, 0.1) is 6.92 Å². The highest BCUT2D eigenvalue weighted by Crippen LogP contribution is 2.22. The van der Waals surface area contributed by atoms with Crippen molar-refractivity contribution in [1.29, 1.82) is 0 Å². The summed E-state index contributed by atoms with van der Waals surface area (Å²) >= 11 is 0. The normalized spacial score (nSPS) is 11.6. The van der Waals surface area contributed by atoms with Gasteiger partial charge in [0.15, 0.2) is 0 Å². The van der Waals surface area contributed by atoms with Crippen LogP contribution in [0.1, 0.15) is 5.56 Å². The van der Waals surface area contributed by atoms with Crippen LogP contribution in [0.15, 0.2) is 94.4 Å². The van der Waals surface area contributed by atoms with Crippen LogP contribution in [0.5, 0.6) is 0 Å². The van der Waals surface area contributed by atoms with E-state index in [4.69, 9.17) is 4.42 Å². The van der Waals surface area contributed by atoms with Crippen molar-refractivity contribution in [1.82, 2.24) is 0 Å². The molecule has 0 atom stereocenters. The summed E-state index contributed by atoms with van der Waals surface area (Å²) in [7, 11) is 0. The van der Waals surface area contributed by atoms with E-state index < -0.39 is 0 Å². The fourth-order valence-corrected chi connectivity index (χ4v) is 2.76. The van der Waals surface area contributed by atoms with Gasteiger partial charge < -0.3 is 4.42 Å². The Morgan fingerprint density at radius 3 is 2.28 bits per heavy atom. The van der Waals surface area contributed by atoms with Crippen LogP contribution in [0.2, 0.25) is 0 Å². The summed E-state index contributed by atoms with van der Waals surface area (Å²) in [5.41, 5.74) is 7.11. The van der Waals surface area contributed by atoms with Gasteiger partial charge in [-0.25, -0.2) is 0 Å². The van der Waals surface area contributed by atoms with Gasteiger partial charge in [-0.2, -0.15) is 5.10 Å². The molecular weight excluding hydrogens is 308 g/mol. The molecule has 0 aliphatic carbocycles. The van der Waals surface area contributed by atoms with Gasteiger partial charge in [0.1, 0.15) is 11.3 Å². The van der Waals surface area contributed by atoms with Crippen LogP contribution in [0.4, 0.5) is 5.69 Å². The number of anilines is 1. The van der Waals surface area contributed by atoms with Crippen LogP contribution in [0.25, 0.3) is 22.3 Å². The fraction of sp³-hybridized carbons (Fsp3) is 0.0455. The van der Waals surface area contributed by atoms with Crippen molar-refractivity contribution in [2.75, 3.05) is 5.43 Å². The summed E-state index contributed by atoms with van der Waals surface area (Å²) < 4.78 is 6.11. The zero-order valence-corrected chi connectivity index (χ0v) is 13.9. The number of fused-ring (bicyclic) bond motifs is 1. The molecule has 0 fully saturated rings. The van der Waals surface area contributed by atoms with E-state index in [2.05, 4.69) is 29.6 Å². The van der Waals surface area contributed by atoms with Gasteiger partial charge in [0.25, 0.3) is 0 Å². The van der Waals surface area contributed by atoms with E-state index >= 15 is 0 Å². The Bertz CT molecular complexity index is 1070. The number of nitrogens with one attached hydrogen (secondary N) is 1. The van der Waals surface area contributed by atoms with E-state index in [9.17, 15) is 0 Å². The minimum atomic E-state index is 0.797. The Balaban J connectivity index is 1.89. The lowest BCUT2D eigenvalue weighted by Gasteiger charge is -2.06. The molecule has 3 nitrogen and oxygen atoms in total. The van der Waals surface area contributed by atoms with Crippen LogP contribution in [0.3, 0.4) is 0 Å². The molecule has 25 heavy (non-hydrogen) atoms. The third kappa shape index (κ3) is 3.31. The van der Waals surface area contributed by atoms with Gasteiger partial charge in [0.05, 0.1) is 11.0 Å². The molecule has 0 aliphatic rings. The van der Waals surface area contributed by atoms with E-state index in [1.165, 1.54) is 5.56 Å². The molecule has 0 bridgehead atoms. The van der Waals surface area contributed by atoms with E-state index in [0.717, 1.165) is 33.3 Å². The molecule has 0 saturated carbocycles. The lowest BCUT2D eigenvalue weighted by Crippen LogP contribution is -2.07. The molecule has 0 amide bonds. The largest absolute Gasteiger partial charge is 0.456 e. The lowest BCUT2D eigenvalue weighted by molar-refractivity contribution is 0.618. The monoisotopic (exact) mass is 326 g/mol. The molecule has 3 heteroatoms. The summed E-state index contributed by atoms with van der Waals surface area (Å²) in [5, 5.41) is 6.47. The maximum Gasteiger partial charge on any atom is 0.136 e. The van der Waals surface area contributed by atoms with Gasteiger partial charge in [0, 0.05) is 17.0 Å². The Kier molecular flexibility index (Phi) is 4.05. The molecule has 1 aromatic heterocycles. The minimum Gasteiger partial charge on any atom is -0.456 e. The van der Waals surface area contributed by atoms with Crippen LogP contribution in [-0.4, -0.2) is 0 Å². The number of aryl methyl sites for hydroxylation is 1. The van der Waals surface area contributed by atoms with Crippen molar-refractivity contribution in [3.05, 3.63) is 95.8 Å². The third-order valence-electron chi connectivity index (χ3n) is 4.04. The average molecular weight is 326 g/mol. The van der Waals surface area contributed by atoms with Crippen LogP contribution in [-0.2, 0) is 0 Å². The summed E-state index contributed by atoms with van der Waals surface area (Å²) in [4.78, 5) is 0. The lowest BCUT2D eigenvalue weighted by atomic mass is 10.1. The highest BCUT2D eigenvalue weighted by Gasteiger charge is 2.06. The second-order valence-electron chi connectivity index (χ2n) is 5.95. The van der Waals surface area contributed by atoms with Crippen molar-refractivity contribution in [3.63, 3.8) is 0 Å². The number of nitrogens with zero attached hydrogens (tertiary/aromatic N) is 1. The summed E-state index contributed by atoms with van der Waals surface area (Å²) in [6.07, 6.45) is 0. The summed E-state index contributed by atoms with van der Waals surface area (Å²) in [6.45, 7) is 2.07.